The molecule has 0 unspecified atom stereocenters. The molecule has 6 nitrogen and oxygen atoms in total. The van der Waals surface area contributed by atoms with Gasteiger partial charge >= 0.3 is 0 Å². The molecule has 1 fully saturated rings. The molecule has 0 bridgehead atoms. The van der Waals surface area contributed by atoms with Gasteiger partial charge in [0.05, 0.1) is 6.20 Å². The lowest BCUT2D eigenvalue weighted by molar-refractivity contribution is -0.124. The van der Waals surface area contributed by atoms with Crippen LogP contribution in [-0.2, 0) is 4.79 Å². The van der Waals surface area contributed by atoms with E-state index in [0.717, 1.165) is 25.7 Å². The summed E-state index contributed by atoms with van der Waals surface area (Å²) in [5.41, 5.74) is 0. The van der Waals surface area contributed by atoms with Gasteiger partial charge in [0.1, 0.15) is 6.10 Å². The standard InChI is InChI=1S/C18H20FN3O3/c19-15-3-1-2-4-16(15)24-12-17(23)22-13-5-7-14(8-6-13)25-18-11-20-9-10-21-18/h1-4,9-11,13-14H,5-8,12H2,(H,22,23). The Morgan fingerprint density at radius 1 is 1.20 bits per heavy atom. The van der Waals surface area contributed by atoms with Crippen molar-refractivity contribution < 1.29 is 18.7 Å². The highest BCUT2D eigenvalue weighted by atomic mass is 19.1. The quantitative estimate of drug-likeness (QED) is 0.871. The topological polar surface area (TPSA) is 73.3 Å². The normalized spacial score (nSPS) is 19.9. The summed E-state index contributed by atoms with van der Waals surface area (Å²) in [5, 5.41) is 2.92. The molecule has 0 aliphatic heterocycles. The van der Waals surface area contributed by atoms with Crippen LogP contribution >= 0.6 is 0 Å². The van der Waals surface area contributed by atoms with Gasteiger partial charge in [-0.2, -0.15) is 0 Å². The van der Waals surface area contributed by atoms with E-state index in [9.17, 15) is 9.18 Å². The first-order valence-corrected chi connectivity index (χ1v) is 8.30. The van der Waals surface area contributed by atoms with E-state index in [1.54, 1.807) is 30.7 Å². The molecule has 0 atom stereocenters. The van der Waals surface area contributed by atoms with Gasteiger partial charge < -0.3 is 14.8 Å². The summed E-state index contributed by atoms with van der Waals surface area (Å²) in [6.07, 6.45) is 8.16. The van der Waals surface area contributed by atoms with Crippen molar-refractivity contribution >= 4 is 5.91 Å². The molecule has 7 heteroatoms. The second kappa shape index (κ2) is 8.41. The Bertz CT molecular complexity index is 691. The third-order valence-electron chi connectivity index (χ3n) is 4.06. The molecular formula is C18H20FN3O3. The first kappa shape index (κ1) is 17.1. The van der Waals surface area contributed by atoms with E-state index in [-0.39, 0.29) is 30.4 Å². The predicted molar refractivity (Wildman–Crippen MR) is 88.7 cm³/mol. The van der Waals surface area contributed by atoms with Gasteiger partial charge in [0.2, 0.25) is 5.88 Å². The Hall–Kier alpha value is -2.70. The van der Waals surface area contributed by atoms with Crippen molar-refractivity contribution in [3.8, 4) is 11.6 Å². The van der Waals surface area contributed by atoms with Gasteiger partial charge in [-0.1, -0.05) is 12.1 Å². The number of nitrogens with zero attached hydrogens (tertiary/aromatic N) is 2. The number of nitrogens with one attached hydrogen (secondary N) is 1. The molecule has 132 valence electrons. The van der Waals surface area contributed by atoms with Gasteiger partial charge in [0, 0.05) is 18.4 Å². The lowest BCUT2D eigenvalue weighted by atomic mass is 9.93. The number of aromatic nitrogens is 2. The number of hydrogen-bond acceptors (Lipinski definition) is 5. The fourth-order valence-corrected chi connectivity index (χ4v) is 2.82. The third-order valence-corrected chi connectivity index (χ3v) is 4.06. The predicted octanol–water partition coefficient (Wildman–Crippen LogP) is 2.50. The number of para-hydroxylation sites is 1. The highest BCUT2D eigenvalue weighted by Crippen LogP contribution is 2.22. The van der Waals surface area contributed by atoms with Crippen LogP contribution in [0.2, 0.25) is 0 Å². The van der Waals surface area contributed by atoms with Gasteiger partial charge in [-0.15, -0.1) is 0 Å². The van der Waals surface area contributed by atoms with Crippen molar-refractivity contribution in [3.63, 3.8) is 0 Å². The van der Waals surface area contributed by atoms with E-state index in [0.29, 0.717) is 5.88 Å². The van der Waals surface area contributed by atoms with Crippen LogP contribution in [0.5, 0.6) is 11.6 Å². The SMILES string of the molecule is O=C(COc1ccccc1F)NC1CCC(Oc2cnccn2)CC1. The van der Waals surface area contributed by atoms with Crippen LogP contribution in [0, 0.1) is 5.82 Å². The molecule has 0 spiro atoms. The zero-order valence-electron chi connectivity index (χ0n) is 13.7. The Morgan fingerprint density at radius 2 is 2.00 bits per heavy atom. The first-order chi connectivity index (χ1) is 12.2. The van der Waals surface area contributed by atoms with Crippen molar-refractivity contribution in [1.29, 1.82) is 0 Å². The molecule has 25 heavy (non-hydrogen) atoms. The fourth-order valence-electron chi connectivity index (χ4n) is 2.82. The molecule has 1 amide bonds. The Balaban J connectivity index is 1.38. The number of rotatable bonds is 6. The molecule has 1 saturated carbocycles. The lowest BCUT2D eigenvalue weighted by Gasteiger charge is -2.29. The second-order valence-electron chi connectivity index (χ2n) is 5.92. The zero-order chi connectivity index (χ0) is 17.5. The highest BCUT2D eigenvalue weighted by Gasteiger charge is 2.24. The van der Waals surface area contributed by atoms with Gasteiger partial charge in [0.15, 0.2) is 18.2 Å². The maximum atomic E-state index is 13.4. The third kappa shape index (κ3) is 5.14. The summed E-state index contributed by atoms with van der Waals surface area (Å²) < 4.78 is 24.4. The maximum Gasteiger partial charge on any atom is 0.258 e. The number of carbonyl (C=O) groups excluding carboxylic acids is 1. The molecule has 1 aliphatic rings. The minimum Gasteiger partial charge on any atom is -0.481 e. The smallest absolute Gasteiger partial charge is 0.258 e. The van der Waals surface area contributed by atoms with Crippen molar-refractivity contribution in [2.45, 2.75) is 37.8 Å². The van der Waals surface area contributed by atoms with Crippen molar-refractivity contribution in [3.05, 3.63) is 48.7 Å². The average Bonchev–Trinajstić information content (AvgIpc) is 2.64. The molecule has 1 aliphatic carbocycles. The second-order valence-corrected chi connectivity index (χ2v) is 5.92. The minimum absolute atomic E-state index is 0.0819. The summed E-state index contributed by atoms with van der Waals surface area (Å²) in [5.74, 6) is -0.120. The van der Waals surface area contributed by atoms with Gasteiger partial charge in [-0.3, -0.25) is 9.78 Å². The molecule has 1 N–H and O–H groups in total. The molecule has 1 aromatic heterocycles. The van der Waals surface area contributed by atoms with Crippen molar-refractivity contribution in [2.24, 2.45) is 0 Å². The molecule has 0 radical (unpaired) electrons. The van der Waals surface area contributed by atoms with E-state index >= 15 is 0 Å². The van der Waals surface area contributed by atoms with Gasteiger partial charge in [0.25, 0.3) is 5.91 Å². The summed E-state index contributed by atoms with van der Waals surface area (Å²) in [4.78, 5) is 20.0. The maximum absolute atomic E-state index is 13.4. The van der Waals surface area contributed by atoms with Crippen molar-refractivity contribution in [2.75, 3.05) is 6.61 Å². The largest absolute Gasteiger partial charge is 0.481 e. The summed E-state index contributed by atoms with van der Waals surface area (Å²) in [6, 6.07) is 6.11. The van der Waals surface area contributed by atoms with E-state index < -0.39 is 5.82 Å². The van der Waals surface area contributed by atoms with Crippen LogP contribution in [0.1, 0.15) is 25.7 Å². The van der Waals surface area contributed by atoms with Gasteiger partial charge in [-0.25, -0.2) is 9.37 Å². The molecule has 3 rings (SSSR count). The highest BCUT2D eigenvalue weighted by molar-refractivity contribution is 5.77. The number of amides is 1. The zero-order valence-corrected chi connectivity index (χ0v) is 13.7. The van der Waals surface area contributed by atoms with Crippen molar-refractivity contribution in [1.82, 2.24) is 15.3 Å². The summed E-state index contributed by atoms with van der Waals surface area (Å²) in [7, 11) is 0. The van der Waals surface area contributed by atoms with Crippen LogP contribution in [0.3, 0.4) is 0 Å². The van der Waals surface area contributed by atoms with Crippen LogP contribution in [0.15, 0.2) is 42.9 Å². The summed E-state index contributed by atoms with van der Waals surface area (Å²) >= 11 is 0. The average molecular weight is 345 g/mol. The van der Waals surface area contributed by atoms with E-state index in [2.05, 4.69) is 15.3 Å². The Kier molecular flexibility index (Phi) is 5.77. The molecular weight excluding hydrogens is 325 g/mol. The number of ether oxygens (including phenoxy) is 2. The number of carbonyl (C=O) groups is 1. The Morgan fingerprint density at radius 3 is 2.72 bits per heavy atom. The molecule has 1 aromatic carbocycles. The number of hydrogen-bond donors (Lipinski definition) is 1. The summed E-state index contributed by atoms with van der Waals surface area (Å²) in [6.45, 7) is -0.197. The van der Waals surface area contributed by atoms with E-state index in [1.165, 1.54) is 12.1 Å². The number of benzene rings is 1. The minimum atomic E-state index is -0.475. The van der Waals surface area contributed by atoms with Gasteiger partial charge in [-0.05, 0) is 37.8 Å². The number of halogens is 1. The monoisotopic (exact) mass is 345 g/mol. The van der Waals surface area contributed by atoms with E-state index in [1.807, 2.05) is 0 Å². The fraction of sp³-hybridized carbons (Fsp3) is 0.389. The molecule has 1 heterocycles. The van der Waals surface area contributed by atoms with Crippen LogP contribution in [0.4, 0.5) is 4.39 Å². The first-order valence-electron chi connectivity index (χ1n) is 8.30. The molecule has 2 aromatic rings. The Labute approximate surface area is 145 Å². The van der Waals surface area contributed by atoms with Crippen LogP contribution in [0.25, 0.3) is 0 Å². The van der Waals surface area contributed by atoms with E-state index in [4.69, 9.17) is 9.47 Å². The van der Waals surface area contributed by atoms with Crippen LogP contribution in [-0.4, -0.2) is 34.6 Å². The molecule has 0 saturated heterocycles. The van der Waals surface area contributed by atoms with Crippen LogP contribution < -0.4 is 14.8 Å². The lowest BCUT2D eigenvalue weighted by Crippen LogP contribution is -2.41.